The van der Waals surface area contributed by atoms with E-state index in [1.807, 2.05) is 12.1 Å². The van der Waals surface area contributed by atoms with E-state index in [1.165, 1.54) is 29.1 Å². The van der Waals surface area contributed by atoms with Crippen LogP contribution in [-0.2, 0) is 38.3 Å². The van der Waals surface area contributed by atoms with E-state index >= 15 is 0 Å². The number of anilines is 1. The molecule has 306 valence electrons. The van der Waals surface area contributed by atoms with Crippen LogP contribution in [0.5, 0.6) is 11.6 Å². The first-order valence-corrected chi connectivity index (χ1v) is 22.6. The fourth-order valence-corrected chi connectivity index (χ4v) is 11.0. The number of esters is 1. The van der Waals surface area contributed by atoms with E-state index in [9.17, 15) is 23.7 Å². The Hall–Kier alpha value is -3.92. The van der Waals surface area contributed by atoms with E-state index in [0.29, 0.717) is 47.9 Å². The zero-order valence-corrected chi connectivity index (χ0v) is 35.5. The summed E-state index contributed by atoms with van der Waals surface area (Å²) < 4.78 is 40.8. The van der Waals surface area contributed by atoms with Gasteiger partial charge in [0, 0.05) is 60.0 Å². The number of benzene rings is 2. The van der Waals surface area contributed by atoms with Gasteiger partial charge in [0.05, 0.1) is 31.3 Å². The minimum Gasteiger partial charge on any atom is -0.490 e. The molecule has 1 aromatic heterocycles. The number of carbonyl (C=O) groups excluding carboxylic acids is 3. The predicted molar refractivity (Wildman–Crippen MR) is 221 cm³/mol. The molecule has 1 spiro atoms. The number of rotatable bonds is 7. The Kier molecular flexibility index (Phi) is 12.4. The third kappa shape index (κ3) is 8.91. The molecule has 2 amide bonds. The van der Waals surface area contributed by atoms with Crippen LogP contribution in [0.1, 0.15) is 77.3 Å². The molecule has 7 atom stereocenters. The zero-order chi connectivity index (χ0) is 40.5. The molecular weight excluding hydrogens is 838 g/mol. The first-order valence-electron chi connectivity index (χ1n) is 19.4. The van der Waals surface area contributed by atoms with Crippen LogP contribution in [0.15, 0.2) is 59.1 Å². The molecule has 2 aromatic carbocycles. The van der Waals surface area contributed by atoms with Gasteiger partial charge in [0.25, 0.3) is 11.8 Å². The smallest absolute Gasteiger partial charge is 0.306 e. The molecule has 4 aliphatic rings. The lowest BCUT2D eigenvalue weighted by Gasteiger charge is -2.46. The fourth-order valence-electron chi connectivity index (χ4n) is 8.61. The van der Waals surface area contributed by atoms with Gasteiger partial charge in [0.15, 0.2) is 0 Å². The molecule has 1 fully saturated rings. The number of halogens is 2. The largest absolute Gasteiger partial charge is 0.490 e. The van der Waals surface area contributed by atoms with E-state index in [1.54, 1.807) is 44.3 Å². The number of nitrogens with zero attached hydrogens (tertiary/aromatic N) is 4. The van der Waals surface area contributed by atoms with Crippen molar-refractivity contribution in [3.05, 3.63) is 82.0 Å². The summed E-state index contributed by atoms with van der Waals surface area (Å²) in [5.41, 5.74) is 2.89. The molecule has 2 bridgehead atoms. The summed E-state index contributed by atoms with van der Waals surface area (Å²) in [6.45, 7) is 3.25. The molecule has 3 aromatic rings. The number of ether oxygens (including phenoxy) is 3. The van der Waals surface area contributed by atoms with Gasteiger partial charge in [-0.1, -0.05) is 46.6 Å². The van der Waals surface area contributed by atoms with Crippen molar-refractivity contribution in [3.63, 3.8) is 0 Å². The van der Waals surface area contributed by atoms with Crippen molar-refractivity contribution in [1.82, 2.24) is 14.5 Å². The van der Waals surface area contributed by atoms with Crippen molar-refractivity contribution in [1.29, 1.82) is 0 Å². The average Bonchev–Trinajstić information content (AvgIpc) is 3.49. The number of fused-ring (bicyclic) bond motifs is 4. The van der Waals surface area contributed by atoms with E-state index in [2.05, 4.69) is 41.1 Å². The quantitative estimate of drug-likeness (QED) is 0.159. The van der Waals surface area contributed by atoms with Gasteiger partial charge in [0.1, 0.15) is 27.3 Å². The minimum atomic E-state index is -3.87. The molecule has 7 rings (SSSR count). The predicted octanol–water partition coefficient (Wildman–Crippen LogP) is 6.19. The molecule has 2 N–H and O–H groups in total. The van der Waals surface area contributed by atoms with Gasteiger partial charge in [-0.05, 0) is 97.9 Å². The van der Waals surface area contributed by atoms with Gasteiger partial charge in [-0.2, -0.15) is 0 Å². The maximum absolute atomic E-state index is 14.7. The monoisotopic (exact) mass is 885 g/mol. The van der Waals surface area contributed by atoms with Crippen molar-refractivity contribution in [3.8, 4) is 11.6 Å². The molecule has 2 aliphatic heterocycles. The number of hydrogen-bond acceptors (Lipinski definition) is 10. The van der Waals surface area contributed by atoms with Crippen molar-refractivity contribution >= 4 is 60.9 Å². The number of alkyl halides is 1. The highest BCUT2D eigenvalue weighted by atomic mass is 79.9. The van der Waals surface area contributed by atoms with Crippen LogP contribution >= 0.6 is 27.5 Å². The first kappa shape index (κ1) is 41.2. The summed E-state index contributed by atoms with van der Waals surface area (Å²) in [6, 6.07) is 11.2. The van der Waals surface area contributed by atoms with Crippen LogP contribution in [0.4, 0.5) is 5.69 Å². The molecule has 3 heterocycles. The zero-order valence-electron chi connectivity index (χ0n) is 32.3. The number of amides is 2. The van der Waals surface area contributed by atoms with Crippen molar-refractivity contribution in [2.75, 3.05) is 42.8 Å². The number of aromatic nitrogens is 2. The SMILES string of the molecule is COc1nn(C)cc1C(=O)NS1(=O)=NC(=O)c2ccc3c(c2)N(C[C@@H]2CC[C@H]2[C@@H](OC(=O)CCCBr)/C=C/C(O)[C@H](C)C1)C[C@@]1(CCCc2cc(Cl)ccc21)CO3. The number of aliphatic hydroxyl groups excluding tert-OH is 1. The standard InChI is InChI=1S/C41H49BrClN5O8S/c1-25-22-57(53,46-39(52)31-21-47(2)44-40(31)54-3)45-38(51)27-9-14-36-33(19-27)48(23-41(24-55-36)16-4-6-26-18-29(43)10-12-32(26)41)20-28-8-11-30(28)35(15-13-34(25)49)56-37(50)7-5-17-42/h9-10,12-15,18-19,21,25,28,30,34-35,49H,4-8,11,16-17,20,22-24H2,1-3H3,(H,45,46,51,52,53)/b15-13+/t25-,28+,30-,34?,35+,41+,57?/m1/s1. The number of aliphatic hydroxyl groups is 1. The van der Waals surface area contributed by atoms with E-state index < -0.39 is 39.9 Å². The second kappa shape index (κ2) is 17.1. The maximum Gasteiger partial charge on any atom is 0.306 e. The Balaban J connectivity index is 1.32. The number of carbonyl (C=O) groups is 3. The third-order valence-corrected chi connectivity index (χ3v) is 14.4. The Morgan fingerprint density at radius 2 is 2.02 bits per heavy atom. The lowest BCUT2D eigenvalue weighted by Crippen LogP contribution is -2.50. The topological polar surface area (TPSA) is 162 Å². The van der Waals surface area contributed by atoms with Crippen LogP contribution in [0.2, 0.25) is 5.02 Å². The summed E-state index contributed by atoms with van der Waals surface area (Å²) in [5.74, 6) is -2.35. The minimum absolute atomic E-state index is 0.00328. The molecule has 16 heteroatoms. The Morgan fingerprint density at radius 1 is 1.19 bits per heavy atom. The van der Waals surface area contributed by atoms with Gasteiger partial charge < -0.3 is 24.2 Å². The van der Waals surface area contributed by atoms with Crippen LogP contribution < -0.4 is 19.1 Å². The van der Waals surface area contributed by atoms with Crippen LogP contribution in [0.3, 0.4) is 0 Å². The molecular formula is C41H49BrClN5O8S. The molecule has 13 nitrogen and oxygen atoms in total. The molecule has 2 unspecified atom stereocenters. The second-order valence-electron chi connectivity index (χ2n) is 15.7. The number of hydrogen-bond donors (Lipinski definition) is 2. The number of methoxy groups -OCH3 is 1. The molecule has 0 radical (unpaired) electrons. The summed E-state index contributed by atoms with van der Waals surface area (Å²) in [4.78, 5) is 43.1. The van der Waals surface area contributed by atoms with E-state index in [4.69, 9.17) is 25.8 Å². The van der Waals surface area contributed by atoms with Crippen molar-refractivity contribution in [2.45, 2.75) is 69.5 Å². The van der Waals surface area contributed by atoms with Gasteiger partial charge in [-0.25, -0.2) is 4.21 Å². The highest BCUT2D eigenvalue weighted by Crippen LogP contribution is 2.47. The van der Waals surface area contributed by atoms with Crippen molar-refractivity contribution in [2.24, 2.45) is 29.2 Å². The number of nitrogens with one attached hydrogen (secondary N) is 1. The van der Waals surface area contributed by atoms with Crippen LogP contribution in [0, 0.1) is 17.8 Å². The Morgan fingerprint density at radius 3 is 2.77 bits per heavy atom. The summed E-state index contributed by atoms with van der Waals surface area (Å²) in [5, 5.41) is 16.9. The normalized spacial score (nSPS) is 29.1. The molecule has 2 aliphatic carbocycles. The van der Waals surface area contributed by atoms with Crippen LogP contribution in [-0.4, -0.2) is 87.0 Å². The van der Waals surface area contributed by atoms with Crippen LogP contribution in [0.25, 0.3) is 0 Å². The first-order chi connectivity index (χ1) is 27.3. The number of aryl methyl sites for hydroxylation is 2. The summed E-state index contributed by atoms with van der Waals surface area (Å²) in [6.07, 6.45) is 8.25. The lowest BCUT2D eigenvalue weighted by molar-refractivity contribution is -0.152. The highest BCUT2D eigenvalue weighted by Gasteiger charge is 2.45. The second-order valence-corrected chi connectivity index (χ2v) is 19.0. The summed E-state index contributed by atoms with van der Waals surface area (Å²) >= 11 is 9.87. The van der Waals surface area contributed by atoms with Gasteiger partial charge in [-0.15, -0.1) is 9.46 Å². The Labute approximate surface area is 346 Å². The molecule has 0 saturated heterocycles. The van der Waals surface area contributed by atoms with Crippen molar-refractivity contribution < 1.29 is 37.9 Å². The lowest BCUT2D eigenvalue weighted by atomic mass is 9.68. The van der Waals surface area contributed by atoms with Gasteiger partial charge >= 0.3 is 5.97 Å². The third-order valence-electron chi connectivity index (χ3n) is 11.7. The van der Waals surface area contributed by atoms with E-state index in [-0.39, 0.29) is 52.4 Å². The average molecular weight is 887 g/mol. The van der Waals surface area contributed by atoms with Gasteiger partial charge in [0.2, 0.25) is 5.88 Å². The van der Waals surface area contributed by atoms with Gasteiger partial charge in [-0.3, -0.25) is 23.8 Å². The molecule has 57 heavy (non-hydrogen) atoms. The fraction of sp³-hybridized carbons (Fsp3) is 0.512. The maximum atomic E-state index is 14.7. The Bertz CT molecular complexity index is 2190. The van der Waals surface area contributed by atoms with E-state index in [0.717, 1.165) is 32.1 Å². The molecule has 1 saturated carbocycles. The summed E-state index contributed by atoms with van der Waals surface area (Å²) in [7, 11) is -0.901. The highest BCUT2D eigenvalue weighted by molar-refractivity contribution is 9.09.